The molecular formula is C7H5F3O. The third kappa shape index (κ3) is 1.45. The molecule has 0 saturated heterocycles. The fraction of sp³-hybridized carbons (Fsp3) is 0.143. The van der Waals surface area contributed by atoms with Crippen molar-refractivity contribution in [2.24, 2.45) is 0 Å². The quantitative estimate of drug-likeness (QED) is 0.616. The molecule has 0 aliphatic heterocycles. The number of halogens is 3. The molecule has 4 heteroatoms. The molecule has 1 aromatic rings. The minimum atomic E-state index is -0.822. The first-order valence-electron chi connectivity index (χ1n) is 2.89. The van der Waals surface area contributed by atoms with Gasteiger partial charge in [-0.2, -0.15) is 0 Å². The monoisotopic (exact) mass is 162 g/mol. The SMILES string of the molecule is Cc1c(F)cc(OF)cc1F. The molecule has 0 spiro atoms. The van der Waals surface area contributed by atoms with Crippen molar-refractivity contribution in [3.63, 3.8) is 0 Å². The molecule has 0 unspecified atom stereocenters. The molecule has 60 valence electrons. The van der Waals surface area contributed by atoms with Crippen LogP contribution >= 0.6 is 0 Å². The third-order valence-electron chi connectivity index (χ3n) is 1.34. The van der Waals surface area contributed by atoms with E-state index in [9.17, 15) is 13.3 Å². The van der Waals surface area contributed by atoms with Crippen molar-refractivity contribution in [1.82, 2.24) is 0 Å². The summed E-state index contributed by atoms with van der Waals surface area (Å²) in [6.45, 7) is 1.26. The van der Waals surface area contributed by atoms with Crippen LogP contribution in [0, 0.1) is 18.6 Å². The molecule has 0 aliphatic rings. The molecule has 0 heterocycles. The largest absolute Gasteiger partial charge is 0.294 e. The van der Waals surface area contributed by atoms with Gasteiger partial charge in [0.25, 0.3) is 0 Å². The Bertz CT molecular complexity index is 249. The predicted octanol–water partition coefficient (Wildman–Crippen LogP) is 2.54. The van der Waals surface area contributed by atoms with Gasteiger partial charge in [0.1, 0.15) is 11.6 Å². The highest BCUT2D eigenvalue weighted by atomic mass is 19.3. The van der Waals surface area contributed by atoms with Crippen LogP contribution in [-0.4, -0.2) is 0 Å². The molecule has 1 rings (SSSR count). The summed E-state index contributed by atoms with van der Waals surface area (Å²) in [5.74, 6) is -2.11. The molecule has 0 aromatic heterocycles. The lowest BCUT2D eigenvalue weighted by Crippen LogP contribution is -1.89. The lowest BCUT2D eigenvalue weighted by atomic mass is 10.2. The summed E-state index contributed by atoms with van der Waals surface area (Å²) in [5.41, 5.74) is -0.147. The number of rotatable bonds is 1. The van der Waals surface area contributed by atoms with E-state index in [2.05, 4.69) is 4.94 Å². The summed E-state index contributed by atoms with van der Waals surface area (Å²) in [7, 11) is 0. The van der Waals surface area contributed by atoms with Gasteiger partial charge in [0.05, 0.1) is 0 Å². The van der Waals surface area contributed by atoms with E-state index >= 15 is 0 Å². The van der Waals surface area contributed by atoms with E-state index in [1.165, 1.54) is 6.92 Å². The summed E-state index contributed by atoms with van der Waals surface area (Å²) in [5, 5.41) is 0. The highest BCUT2D eigenvalue weighted by molar-refractivity contribution is 5.29. The van der Waals surface area contributed by atoms with Crippen LogP contribution < -0.4 is 4.94 Å². The minimum Gasteiger partial charge on any atom is -0.294 e. The van der Waals surface area contributed by atoms with Gasteiger partial charge in [-0.25, -0.2) is 8.78 Å². The maximum atomic E-state index is 12.5. The summed E-state index contributed by atoms with van der Waals surface area (Å²) >= 11 is 0. The Hall–Kier alpha value is -1.19. The zero-order valence-electron chi connectivity index (χ0n) is 5.70. The lowest BCUT2D eigenvalue weighted by molar-refractivity contribution is -0.00694. The molecule has 0 fully saturated rings. The zero-order valence-corrected chi connectivity index (χ0v) is 5.70. The van der Waals surface area contributed by atoms with Gasteiger partial charge in [0.2, 0.25) is 0 Å². The average Bonchev–Trinajstić information content (AvgIpc) is 1.99. The van der Waals surface area contributed by atoms with E-state index in [0.29, 0.717) is 0 Å². The highest BCUT2D eigenvalue weighted by Gasteiger charge is 2.07. The van der Waals surface area contributed by atoms with Crippen molar-refractivity contribution in [2.75, 3.05) is 0 Å². The summed E-state index contributed by atoms with van der Waals surface area (Å²) in [6, 6.07) is 1.55. The first-order chi connectivity index (χ1) is 5.15. The van der Waals surface area contributed by atoms with Gasteiger partial charge in [-0.3, -0.25) is 4.94 Å². The summed E-state index contributed by atoms with van der Waals surface area (Å²) in [4.78, 5) is 3.15. The van der Waals surface area contributed by atoms with E-state index in [0.717, 1.165) is 12.1 Å². The molecular weight excluding hydrogens is 157 g/mol. The highest BCUT2D eigenvalue weighted by Crippen LogP contribution is 2.19. The molecule has 1 aromatic carbocycles. The Kier molecular flexibility index (Phi) is 2.03. The first kappa shape index (κ1) is 7.91. The Morgan fingerprint density at radius 1 is 1.18 bits per heavy atom. The van der Waals surface area contributed by atoms with Crippen LogP contribution in [0.25, 0.3) is 0 Å². The fourth-order valence-corrected chi connectivity index (χ4v) is 0.667. The van der Waals surface area contributed by atoms with Gasteiger partial charge in [-0.05, 0) is 6.92 Å². The van der Waals surface area contributed by atoms with E-state index < -0.39 is 17.4 Å². The van der Waals surface area contributed by atoms with Crippen molar-refractivity contribution in [3.05, 3.63) is 29.3 Å². The maximum Gasteiger partial charge on any atom is 0.177 e. The van der Waals surface area contributed by atoms with Crippen molar-refractivity contribution >= 4 is 0 Å². The normalized spacial score (nSPS) is 9.82. The van der Waals surface area contributed by atoms with Crippen molar-refractivity contribution in [1.29, 1.82) is 0 Å². The molecule has 0 atom stereocenters. The topological polar surface area (TPSA) is 9.23 Å². The Labute approximate surface area is 61.3 Å². The maximum absolute atomic E-state index is 12.5. The molecule has 0 bridgehead atoms. The number of benzene rings is 1. The summed E-state index contributed by atoms with van der Waals surface area (Å²) in [6.07, 6.45) is 0. The standard InChI is InChI=1S/C7H5F3O/c1-4-6(8)2-5(11-10)3-7(4)9/h2-3H,1H3. The zero-order chi connectivity index (χ0) is 8.43. The number of hydrogen-bond acceptors (Lipinski definition) is 1. The molecule has 0 aliphatic carbocycles. The molecule has 0 N–H and O–H groups in total. The van der Waals surface area contributed by atoms with Crippen LogP contribution in [0.15, 0.2) is 12.1 Å². The smallest absolute Gasteiger partial charge is 0.177 e. The second-order valence-corrected chi connectivity index (χ2v) is 2.09. The third-order valence-corrected chi connectivity index (χ3v) is 1.34. The van der Waals surface area contributed by atoms with E-state index in [-0.39, 0.29) is 5.56 Å². The van der Waals surface area contributed by atoms with E-state index in [4.69, 9.17) is 0 Å². The van der Waals surface area contributed by atoms with Gasteiger partial charge in [0.15, 0.2) is 5.75 Å². The number of hydrogen-bond donors (Lipinski definition) is 0. The van der Waals surface area contributed by atoms with Gasteiger partial charge in [0, 0.05) is 22.2 Å². The Morgan fingerprint density at radius 3 is 2.00 bits per heavy atom. The molecule has 11 heavy (non-hydrogen) atoms. The molecule has 0 saturated carbocycles. The van der Waals surface area contributed by atoms with Gasteiger partial charge in [-0.1, -0.05) is 0 Å². The lowest BCUT2D eigenvalue weighted by Gasteiger charge is -1.99. The fourth-order valence-electron chi connectivity index (χ4n) is 0.667. The molecule has 1 nitrogen and oxygen atoms in total. The Balaban J connectivity index is 3.21. The van der Waals surface area contributed by atoms with Gasteiger partial charge < -0.3 is 0 Å². The van der Waals surface area contributed by atoms with Crippen LogP contribution in [0.4, 0.5) is 13.3 Å². The van der Waals surface area contributed by atoms with Gasteiger partial charge >= 0.3 is 0 Å². The van der Waals surface area contributed by atoms with Crippen LogP contribution in [0.2, 0.25) is 0 Å². The first-order valence-corrected chi connectivity index (χ1v) is 2.89. The van der Waals surface area contributed by atoms with Crippen LogP contribution in [0.3, 0.4) is 0 Å². The van der Waals surface area contributed by atoms with Crippen molar-refractivity contribution in [2.45, 2.75) is 6.92 Å². The average molecular weight is 162 g/mol. The van der Waals surface area contributed by atoms with Gasteiger partial charge in [-0.15, -0.1) is 0 Å². The van der Waals surface area contributed by atoms with Crippen LogP contribution in [0.1, 0.15) is 5.56 Å². The molecule has 0 amide bonds. The van der Waals surface area contributed by atoms with Crippen molar-refractivity contribution in [3.8, 4) is 5.75 Å². The Morgan fingerprint density at radius 2 is 1.64 bits per heavy atom. The second kappa shape index (κ2) is 2.82. The summed E-state index contributed by atoms with van der Waals surface area (Å²) < 4.78 is 36.5. The second-order valence-electron chi connectivity index (χ2n) is 2.09. The molecule has 0 radical (unpaired) electrons. The minimum absolute atomic E-state index is 0.147. The van der Waals surface area contributed by atoms with E-state index in [1.807, 2.05) is 0 Å². The predicted molar refractivity (Wildman–Crippen MR) is 32.8 cm³/mol. The van der Waals surface area contributed by atoms with Crippen LogP contribution in [-0.2, 0) is 0 Å². The van der Waals surface area contributed by atoms with Crippen molar-refractivity contribution < 1.29 is 18.2 Å². The van der Waals surface area contributed by atoms with Crippen LogP contribution in [0.5, 0.6) is 5.75 Å². The van der Waals surface area contributed by atoms with E-state index in [1.54, 1.807) is 0 Å².